The Balaban J connectivity index is 1.70. The molecule has 0 atom stereocenters. The predicted molar refractivity (Wildman–Crippen MR) is 112 cm³/mol. The maximum Gasteiger partial charge on any atom is 0.272 e. The van der Waals surface area contributed by atoms with Gasteiger partial charge in [-0.05, 0) is 51.0 Å². The zero-order valence-corrected chi connectivity index (χ0v) is 17.6. The number of anilines is 1. The smallest absolute Gasteiger partial charge is 0.272 e. The van der Waals surface area contributed by atoms with Crippen LogP contribution in [0.3, 0.4) is 0 Å². The van der Waals surface area contributed by atoms with Crippen molar-refractivity contribution in [1.29, 1.82) is 0 Å². The van der Waals surface area contributed by atoms with E-state index < -0.39 is 0 Å². The van der Waals surface area contributed by atoms with Crippen LogP contribution in [0.2, 0.25) is 0 Å². The van der Waals surface area contributed by atoms with Crippen molar-refractivity contribution < 1.29 is 9.59 Å². The molecule has 2 N–H and O–H groups in total. The van der Waals surface area contributed by atoms with Gasteiger partial charge in [-0.1, -0.05) is 12.1 Å². The molecule has 0 radical (unpaired) electrons. The van der Waals surface area contributed by atoms with Crippen molar-refractivity contribution in [3.8, 4) is 11.3 Å². The second-order valence-corrected chi connectivity index (χ2v) is 7.29. The molecule has 0 saturated carbocycles. The number of hydrogen-bond donors (Lipinski definition) is 2. The molecular formula is C21H26N6O2. The number of carbonyl (C=O) groups is 2. The van der Waals surface area contributed by atoms with Gasteiger partial charge in [-0.15, -0.1) is 0 Å². The van der Waals surface area contributed by atoms with E-state index in [-0.39, 0.29) is 18.4 Å². The first-order valence-corrected chi connectivity index (χ1v) is 9.36. The molecule has 0 bridgehead atoms. The molecule has 3 rings (SSSR count). The second-order valence-electron chi connectivity index (χ2n) is 7.29. The van der Waals surface area contributed by atoms with E-state index in [1.807, 2.05) is 52.9 Å². The topological polar surface area (TPSA) is 95.9 Å². The number of aromatic nitrogens is 4. The van der Waals surface area contributed by atoms with Crippen LogP contribution >= 0.6 is 0 Å². The van der Waals surface area contributed by atoms with Crippen LogP contribution in [0.5, 0.6) is 0 Å². The van der Waals surface area contributed by atoms with Crippen LogP contribution in [-0.4, -0.2) is 50.3 Å². The fourth-order valence-electron chi connectivity index (χ4n) is 3.27. The molecule has 0 unspecified atom stereocenters. The molecule has 0 aliphatic rings. The zero-order chi connectivity index (χ0) is 21.3. The maximum atomic E-state index is 12.7. The highest BCUT2D eigenvalue weighted by molar-refractivity contribution is 5.99. The van der Waals surface area contributed by atoms with E-state index in [0.717, 1.165) is 33.8 Å². The van der Waals surface area contributed by atoms with Crippen LogP contribution in [0.1, 0.15) is 33.0 Å². The largest absolute Gasteiger partial charge is 0.331 e. The van der Waals surface area contributed by atoms with E-state index in [4.69, 9.17) is 0 Å². The Labute approximate surface area is 169 Å². The summed E-state index contributed by atoms with van der Waals surface area (Å²) in [6.07, 6.45) is 0. The predicted octanol–water partition coefficient (Wildman–Crippen LogP) is 2.75. The fraction of sp³-hybridized carbons (Fsp3) is 0.333. The Kier molecular flexibility index (Phi) is 5.54. The van der Waals surface area contributed by atoms with Gasteiger partial charge in [-0.25, -0.2) is 0 Å². The van der Waals surface area contributed by atoms with Crippen LogP contribution in [-0.2, 0) is 11.8 Å². The lowest BCUT2D eigenvalue weighted by atomic mass is 10.1. The summed E-state index contributed by atoms with van der Waals surface area (Å²) in [6.45, 7) is 7.74. The number of hydrogen-bond acceptors (Lipinski definition) is 4. The summed E-state index contributed by atoms with van der Waals surface area (Å²) >= 11 is 0. The van der Waals surface area contributed by atoms with Crippen molar-refractivity contribution in [2.24, 2.45) is 7.05 Å². The lowest BCUT2D eigenvalue weighted by Gasteiger charge is -2.17. The minimum Gasteiger partial charge on any atom is -0.331 e. The molecule has 8 nitrogen and oxygen atoms in total. The van der Waals surface area contributed by atoms with Crippen molar-refractivity contribution >= 4 is 17.5 Å². The third-order valence-corrected chi connectivity index (χ3v) is 5.18. The highest BCUT2D eigenvalue weighted by Gasteiger charge is 2.20. The maximum absolute atomic E-state index is 12.7. The molecule has 0 saturated heterocycles. The van der Waals surface area contributed by atoms with Crippen molar-refractivity contribution in [1.82, 2.24) is 24.9 Å². The Hall–Kier alpha value is -3.42. The number of aryl methyl sites for hydroxylation is 3. The Morgan fingerprint density at radius 2 is 1.93 bits per heavy atom. The minimum absolute atomic E-state index is 0.0640. The number of likely N-dealkylation sites (N-methyl/N-ethyl adjacent to an activating group) is 1. The lowest BCUT2D eigenvalue weighted by molar-refractivity contribution is -0.116. The van der Waals surface area contributed by atoms with Gasteiger partial charge >= 0.3 is 0 Å². The van der Waals surface area contributed by atoms with E-state index in [2.05, 4.69) is 20.6 Å². The molecular weight excluding hydrogens is 368 g/mol. The Morgan fingerprint density at radius 1 is 1.21 bits per heavy atom. The fourth-order valence-corrected chi connectivity index (χ4v) is 3.27. The molecule has 2 aromatic heterocycles. The van der Waals surface area contributed by atoms with E-state index in [1.54, 1.807) is 17.8 Å². The van der Waals surface area contributed by atoms with E-state index in [0.29, 0.717) is 11.4 Å². The van der Waals surface area contributed by atoms with Gasteiger partial charge in [0.05, 0.1) is 17.9 Å². The second kappa shape index (κ2) is 7.90. The normalized spacial score (nSPS) is 10.8. The number of H-pyrrole nitrogens is 1. The van der Waals surface area contributed by atoms with E-state index in [9.17, 15) is 9.59 Å². The van der Waals surface area contributed by atoms with E-state index in [1.165, 1.54) is 4.90 Å². The van der Waals surface area contributed by atoms with Crippen molar-refractivity contribution in [3.05, 3.63) is 52.5 Å². The summed E-state index contributed by atoms with van der Waals surface area (Å²) in [5, 5.41) is 14.3. The van der Waals surface area contributed by atoms with Gasteiger partial charge in [-0.2, -0.15) is 10.2 Å². The molecule has 29 heavy (non-hydrogen) atoms. The summed E-state index contributed by atoms with van der Waals surface area (Å²) in [7, 11) is 3.46. The molecule has 0 spiro atoms. The Morgan fingerprint density at radius 3 is 2.59 bits per heavy atom. The first-order valence-electron chi connectivity index (χ1n) is 9.36. The van der Waals surface area contributed by atoms with E-state index >= 15 is 0 Å². The van der Waals surface area contributed by atoms with Crippen LogP contribution < -0.4 is 5.32 Å². The van der Waals surface area contributed by atoms with Gasteiger partial charge in [0, 0.05) is 31.0 Å². The van der Waals surface area contributed by atoms with Gasteiger partial charge < -0.3 is 10.2 Å². The summed E-state index contributed by atoms with van der Waals surface area (Å²) in [4.78, 5) is 26.5. The number of aromatic amines is 1. The number of benzene rings is 1. The molecule has 0 aliphatic carbocycles. The minimum atomic E-state index is -0.306. The van der Waals surface area contributed by atoms with Crippen molar-refractivity contribution in [2.75, 3.05) is 18.9 Å². The van der Waals surface area contributed by atoms with Crippen LogP contribution in [0.25, 0.3) is 11.3 Å². The first kappa shape index (κ1) is 20.3. The monoisotopic (exact) mass is 394 g/mol. The van der Waals surface area contributed by atoms with Gasteiger partial charge in [0.25, 0.3) is 5.91 Å². The zero-order valence-electron chi connectivity index (χ0n) is 17.6. The summed E-state index contributed by atoms with van der Waals surface area (Å²) in [6, 6.07) is 7.42. The van der Waals surface area contributed by atoms with Gasteiger partial charge in [0.15, 0.2) is 0 Å². The third kappa shape index (κ3) is 4.06. The number of nitrogens with one attached hydrogen (secondary N) is 2. The standard InChI is InChI=1S/C21H26N6O2/c1-12-8-7-9-16(13(12)2)22-19(28)11-26(5)21(29)18-10-17(23-24-18)20-14(3)25-27(6)15(20)4/h7-10H,11H2,1-6H3,(H,22,28)(H,23,24). The molecule has 0 fully saturated rings. The average Bonchev–Trinajstić information content (AvgIpc) is 3.23. The molecule has 1 aromatic carbocycles. The van der Waals surface area contributed by atoms with Gasteiger partial charge in [0.1, 0.15) is 5.69 Å². The highest BCUT2D eigenvalue weighted by Crippen LogP contribution is 2.25. The number of rotatable bonds is 5. The highest BCUT2D eigenvalue weighted by atomic mass is 16.2. The first-order chi connectivity index (χ1) is 13.7. The number of nitrogens with zero attached hydrogens (tertiary/aromatic N) is 4. The quantitative estimate of drug-likeness (QED) is 0.695. The molecule has 152 valence electrons. The van der Waals surface area contributed by atoms with Crippen molar-refractivity contribution in [3.63, 3.8) is 0 Å². The third-order valence-electron chi connectivity index (χ3n) is 5.18. The summed E-state index contributed by atoms with van der Waals surface area (Å²) in [5.74, 6) is -0.563. The van der Waals surface area contributed by atoms with Crippen LogP contribution in [0, 0.1) is 27.7 Å². The molecule has 2 amide bonds. The molecule has 0 aliphatic heterocycles. The molecule has 8 heteroatoms. The van der Waals surface area contributed by atoms with Crippen molar-refractivity contribution in [2.45, 2.75) is 27.7 Å². The van der Waals surface area contributed by atoms with Gasteiger partial charge in [-0.3, -0.25) is 19.4 Å². The Bertz CT molecular complexity index is 1080. The van der Waals surface area contributed by atoms with Crippen LogP contribution in [0.4, 0.5) is 5.69 Å². The van der Waals surface area contributed by atoms with Crippen LogP contribution in [0.15, 0.2) is 24.3 Å². The lowest BCUT2D eigenvalue weighted by Crippen LogP contribution is -2.35. The number of carbonyl (C=O) groups excluding carboxylic acids is 2. The number of amides is 2. The molecule has 2 heterocycles. The average molecular weight is 394 g/mol. The molecule has 3 aromatic rings. The van der Waals surface area contributed by atoms with Gasteiger partial charge in [0.2, 0.25) is 5.91 Å². The SMILES string of the molecule is Cc1cccc(NC(=O)CN(C)C(=O)c2cc(-c3c(C)nn(C)c3C)n[nH]2)c1C. The summed E-state index contributed by atoms with van der Waals surface area (Å²) < 4.78 is 1.78. The summed E-state index contributed by atoms with van der Waals surface area (Å²) in [5.41, 5.74) is 6.55.